The van der Waals surface area contributed by atoms with Gasteiger partial charge >= 0.3 is 0 Å². The molecule has 0 radical (unpaired) electrons. The lowest BCUT2D eigenvalue weighted by Crippen LogP contribution is -2.52. The van der Waals surface area contributed by atoms with E-state index in [9.17, 15) is 0 Å². The summed E-state index contributed by atoms with van der Waals surface area (Å²) in [4.78, 5) is 23.8. The molecule has 2 unspecified atom stereocenters. The highest BCUT2D eigenvalue weighted by Gasteiger charge is 2.37. The first-order valence-electron chi connectivity index (χ1n) is 11.0. The Hall–Kier alpha value is -3.10. The molecule has 2 atom stereocenters. The number of likely N-dealkylation sites (N-methyl/N-ethyl adjacent to an activating group) is 1. The quantitative estimate of drug-likeness (QED) is 0.498. The van der Waals surface area contributed by atoms with Gasteiger partial charge in [-0.1, -0.05) is 12.1 Å². The Morgan fingerprint density at radius 2 is 1.84 bits per heavy atom. The largest absolute Gasteiger partial charge is 0.353 e. The average Bonchev–Trinajstić information content (AvgIpc) is 3.28. The summed E-state index contributed by atoms with van der Waals surface area (Å²) in [6, 6.07) is 13.4. The standard InChI is InChI=1S/C24H25N7S/c1-15-5-4-10-25-23(15)24-27-18-11-21(26-12-19(18)32-24)28-20-6-3-7-22(29-20)31-13-16-8-9-17(14-31)30(16)2/h3-7,10-12,16-17H,8-9,13-14H2,1-2H3,(H,26,28,29). The number of rotatable bonds is 4. The summed E-state index contributed by atoms with van der Waals surface area (Å²) >= 11 is 1.62. The predicted molar refractivity (Wildman–Crippen MR) is 130 cm³/mol. The van der Waals surface area contributed by atoms with Crippen molar-refractivity contribution < 1.29 is 0 Å². The van der Waals surface area contributed by atoms with Gasteiger partial charge in [0.05, 0.1) is 10.2 Å². The summed E-state index contributed by atoms with van der Waals surface area (Å²) in [5.74, 6) is 2.58. The van der Waals surface area contributed by atoms with Crippen LogP contribution in [0.15, 0.2) is 48.8 Å². The van der Waals surface area contributed by atoms with Crippen molar-refractivity contribution in [2.45, 2.75) is 31.8 Å². The molecular weight excluding hydrogens is 418 g/mol. The van der Waals surface area contributed by atoms with Crippen LogP contribution in [0.2, 0.25) is 0 Å². The third kappa shape index (κ3) is 3.49. The lowest BCUT2D eigenvalue weighted by Gasteiger charge is -2.39. The van der Waals surface area contributed by atoms with Crippen LogP contribution < -0.4 is 10.2 Å². The lowest BCUT2D eigenvalue weighted by atomic mass is 10.2. The summed E-state index contributed by atoms with van der Waals surface area (Å²) in [7, 11) is 2.26. The molecule has 0 saturated carbocycles. The van der Waals surface area contributed by atoms with Gasteiger partial charge in [-0.15, -0.1) is 11.3 Å². The molecule has 6 heterocycles. The number of pyridine rings is 3. The van der Waals surface area contributed by atoms with Crippen molar-refractivity contribution in [2.75, 3.05) is 30.4 Å². The van der Waals surface area contributed by atoms with E-state index in [2.05, 4.69) is 57.3 Å². The first kappa shape index (κ1) is 19.6. The monoisotopic (exact) mass is 443 g/mol. The smallest absolute Gasteiger partial charge is 0.143 e. The molecule has 4 aromatic heterocycles. The third-order valence-electron chi connectivity index (χ3n) is 6.65. The molecule has 0 aromatic carbocycles. The zero-order valence-electron chi connectivity index (χ0n) is 18.2. The molecule has 32 heavy (non-hydrogen) atoms. The Balaban J connectivity index is 1.24. The van der Waals surface area contributed by atoms with Crippen molar-refractivity contribution in [1.29, 1.82) is 0 Å². The Morgan fingerprint density at radius 1 is 1.00 bits per heavy atom. The maximum Gasteiger partial charge on any atom is 0.143 e. The maximum absolute atomic E-state index is 4.89. The fraction of sp³-hybridized carbons (Fsp3) is 0.333. The molecule has 8 heteroatoms. The van der Waals surface area contributed by atoms with Gasteiger partial charge in [0.2, 0.25) is 0 Å². The number of aromatic nitrogens is 4. The molecule has 2 saturated heterocycles. The van der Waals surface area contributed by atoms with Crippen LogP contribution in [0, 0.1) is 6.92 Å². The van der Waals surface area contributed by atoms with E-state index < -0.39 is 0 Å². The maximum atomic E-state index is 4.89. The molecule has 2 fully saturated rings. The Kier molecular flexibility index (Phi) is 4.77. The molecule has 4 aromatic rings. The molecule has 7 nitrogen and oxygen atoms in total. The summed E-state index contributed by atoms with van der Waals surface area (Å²) in [5.41, 5.74) is 2.97. The second-order valence-corrected chi connectivity index (χ2v) is 9.72. The Bertz CT molecular complexity index is 1270. The molecular formula is C24H25N7S. The molecule has 0 amide bonds. The van der Waals surface area contributed by atoms with E-state index in [-0.39, 0.29) is 0 Å². The van der Waals surface area contributed by atoms with Crippen LogP contribution in [0.3, 0.4) is 0 Å². The number of fused-ring (bicyclic) bond motifs is 3. The van der Waals surface area contributed by atoms with Gasteiger partial charge in [0, 0.05) is 43.6 Å². The van der Waals surface area contributed by atoms with Crippen molar-refractivity contribution >= 4 is 39.0 Å². The van der Waals surface area contributed by atoms with Gasteiger partial charge < -0.3 is 10.2 Å². The van der Waals surface area contributed by atoms with E-state index in [1.165, 1.54) is 12.8 Å². The minimum absolute atomic E-state index is 0.637. The van der Waals surface area contributed by atoms with Crippen LogP contribution in [0.25, 0.3) is 20.9 Å². The summed E-state index contributed by atoms with van der Waals surface area (Å²) < 4.78 is 1.05. The van der Waals surface area contributed by atoms with Crippen LogP contribution in [0.4, 0.5) is 17.5 Å². The van der Waals surface area contributed by atoms with Crippen LogP contribution in [-0.4, -0.2) is 57.1 Å². The number of anilines is 3. The van der Waals surface area contributed by atoms with Crippen molar-refractivity contribution in [1.82, 2.24) is 24.8 Å². The molecule has 6 rings (SSSR count). The second-order valence-electron chi connectivity index (χ2n) is 8.69. The predicted octanol–water partition coefficient (Wildman–Crippen LogP) is 4.48. The van der Waals surface area contributed by atoms with Crippen molar-refractivity contribution in [3.8, 4) is 10.7 Å². The fourth-order valence-corrected chi connectivity index (χ4v) is 5.79. The van der Waals surface area contributed by atoms with Gasteiger partial charge in [0.15, 0.2) is 0 Å². The van der Waals surface area contributed by atoms with E-state index in [0.29, 0.717) is 12.1 Å². The van der Waals surface area contributed by atoms with Crippen LogP contribution >= 0.6 is 11.3 Å². The molecule has 0 spiro atoms. The zero-order valence-corrected chi connectivity index (χ0v) is 19.0. The van der Waals surface area contributed by atoms with Crippen molar-refractivity contribution in [3.63, 3.8) is 0 Å². The molecule has 0 aliphatic carbocycles. The first-order chi connectivity index (χ1) is 15.6. The Morgan fingerprint density at radius 3 is 2.66 bits per heavy atom. The minimum atomic E-state index is 0.637. The zero-order chi connectivity index (χ0) is 21.7. The highest BCUT2D eigenvalue weighted by Crippen LogP contribution is 2.33. The molecule has 1 N–H and O–H groups in total. The topological polar surface area (TPSA) is 70.1 Å². The third-order valence-corrected chi connectivity index (χ3v) is 7.66. The van der Waals surface area contributed by atoms with Crippen LogP contribution in [0.1, 0.15) is 18.4 Å². The van der Waals surface area contributed by atoms with E-state index in [1.54, 1.807) is 11.3 Å². The van der Waals surface area contributed by atoms with Gasteiger partial charge in [0.1, 0.15) is 28.2 Å². The van der Waals surface area contributed by atoms with Gasteiger partial charge in [-0.25, -0.2) is 15.0 Å². The van der Waals surface area contributed by atoms with Gasteiger partial charge in [-0.2, -0.15) is 0 Å². The number of aryl methyl sites for hydroxylation is 1. The van der Waals surface area contributed by atoms with E-state index >= 15 is 0 Å². The normalized spacial score (nSPS) is 20.8. The van der Waals surface area contributed by atoms with Gasteiger partial charge in [-0.05, 0) is 50.6 Å². The number of piperazine rings is 1. The highest BCUT2D eigenvalue weighted by atomic mass is 32.1. The summed E-state index contributed by atoms with van der Waals surface area (Å²) in [6.45, 7) is 4.15. The SMILES string of the molecule is Cc1cccnc1-c1nc2cc(Nc3cccc(N4CC5CCC(C4)N5C)n3)ncc2s1. The average molecular weight is 444 g/mol. The summed E-state index contributed by atoms with van der Waals surface area (Å²) in [6.07, 6.45) is 6.25. The van der Waals surface area contributed by atoms with E-state index in [1.807, 2.05) is 30.6 Å². The molecule has 2 bridgehead atoms. The lowest BCUT2D eigenvalue weighted by molar-refractivity contribution is 0.212. The van der Waals surface area contributed by atoms with Gasteiger partial charge in [-0.3, -0.25) is 9.88 Å². The summed E-state index contributed by atoms with van der Waals surface area (Å²) in [5, 5.41) is 4.29. The number of hydrogen-bond acceptors (Lipinski definition) is 8. The van der Waals surface area contributed by atoms with Crippen LogP contribution in [-0.2, 0) is 0 Å². The molecule has 162 valence electrons. The second kappa shape index (κ2) is 7.79. The van der Waals surface area contributed by atoms with E-state index in [0.717, 1.165) is 57.0 Å². The number of nitrogens with zero attached hydrogens (tertiary/aromatic N) is 6. The van der Waals surface area contributed by atoms with Crippen molar-refractivity contribution in [2.24, 2.45) is 0 Å². The number of hydrogen-bond donors (Lipinski definition) is 1. The van der Waals surface area contributed by atoms with Crippen molar-refractivity contribution in [3.05, 3.63) is 54.4 Å². The first-order valence-corrected chi connectivity index (χ1v) is 11.9. The number of nitrogens with one attached hydrogen (secondary N) is 1. The number of thiazole rings is 1. The van der Waals surface area contributed by atoms with Gasteiger partial charge in [0.25, 0.3) is 0 Å². The minimum Gasteiger partial charge on any atom is -0.353 e. The molecule has 2 aliphatic rings. The Labute approximate surface area is 191 Å². The van der Waals surface area contributed by atoms with E-state index in [4.69, 9.17) is 9.97 Å². The highest BCUT2D eigenvalue weighted by molar-refractivity contribution is 7.21. The fourth-order valence-electron chi connectivity index (χ4n) is 4.81. The molecule has 2 aliphatic heterocycles. The van der Waals surface area contributed by atoms with Crippen LogP contribution in [0.5, 0.6) is 0 Å².